The molecule has 1 heterocycles. The molecule has 0 amide bonds. The molecule has 0 atom stereocenters. The molecule has 0 spiro atoms. The fourth-order valence-corrected chi connectivity index (χ4v) is 2.11. The lowest BCUT2D eigenvalue weighted by molar-refractivity contribution is 1.08. The third-order valence-corrected chi connectivity index (χ3v) is 3.27. The van der Waals surface area contributed by atoms with Crippen LogP contribution < -0.4 is 11.3 Å². The third-order valence-electron chi connectivity index (χ3n) is 2.38. The van der Waals surface area contributed by atoms with Crippen LogP contribution in [-0.4, -0.2) is 10.2 Å². The van der Waals surface area contributed by atoms with E-state index in [0.717, 1.165) is 10.6 Å². The molecule has 6 heteroatoms. The lowest BCUT2D eigenvalue weighted by atomic mass is 10.0. The highest BCUT2D eigenvalue weighted by Gasteiger charge is 2.08. The summed E-state index contributed by atoms with van der Waals surface area (Å²) in [5.41, 5.74) is 6.10. The van der Waals surface area contributed by atoms with E-state index in [-0.39, 0.29) is 12.4 Å². The minimum absolute atomic E-state index is 0. The number of aromatic nitrogens is 2. The molecule has 0 aliphatic rings. The third kappa shape index (κ3) is 2.32. The maximum absolute atomic E-state index is 5.27. The fourth-order valence-electron chi connectivity index (χ4n) is 1.37. The molecular formula is C10H13ClN4S. The molecule has 3 N–H and O–H groups in total. The molecule has 0 unspecified atom stereocenters. The predicted molar refractivity (Wildman–Crippen MR) is 69.9 cm³/mol. The zero-order chi connectivity index (χ0) is 10.8. The maximum Gasteiger partial charge on any atom is 0.220 e. The Balaban J connectivity index is 0.00000128. The van der Waals surface area contributed by atoms with Gasteiger partial charge < -0.3 is 0 Å². The van der Waals surface area contributed by atoms with Crippen LogP contribution >= 0.6 is 23.7 Å². The molecule has 0 radical (unpaired) electrons. The van der Waals surface area contributed by atoms with Crippen molar-refractivity contribution < 1.29 is 0 Å². The van der Waals surface area contributed by atoms with E-state index in [0.29, 0.717) is 5.13 Å². The quantitative estimate of drug-likeness (QED) is 0.640. The Kier molecular flexibility index (Phi) is 4.23. The molecule has 0 fully saturated rings. The number of nitrogens with one attached hydrogen (secondary N) is 1. The van der Waals surface area contributed by atoms with Crippen LogP contribution in [-0.2, 0) is 0 Å². The van der Waals surface area contributed by atoms with Gasteiger partial charge in [-0.25, -0.2) is 5.84 Å². The van der Waals surface area contributed by atoms with Gasteiger partial charge >= 0.3 is 0 Å². The van der Waals surface area contributed by atoms with Gasteiger partial charge in [0.1, 0.15) is 5.01 Å². The topological polar surface area (TPSA) is 63.8 Å². The number of hydrazine groups is 1. The van der Waals surface area contributed by atoms with Crippen LogP contribution in [0.1, 0.15) is 11.1 Å². The van der Waals surface area contributed by atoms with Crippen LogP contribution in [0.25, 0.3) is 10.6 Å². The molecule has 1 aromatic carbocycles. The standard InChI is InChI=1S/C10H12N4S.ClH/c1-6-4-3-5-8(7(6)2)9-13-14-10(12-11)15-9;/h3-5H,11H2,1-2H3,(H,12,14);1H. The van der Waals surface area contributed by atoms with Crippen LogP contribution in [0.4, 0.5) is 5.13 Å². The highest BCUT2D eigenvalue weighted by molar-refractivity contribution is 7.18. The highest BCUT2D eigenvalue weighted by Crippen LogP contribution is 2.29. The van der Waals surface area contributed by atoms with Gasteiger partial charge in [-0.2, -0.15) is 0 Å². The summed E-state index contributed by atoms with van der Waals surface area (Å²) in [7, 11) is 0. The van der Waals surface area contributed by atoms with Crippen molar-refractivity contribution in [2.24, 2.45) is 5.84 Å². The molecule has 16 heavy (non-hydrogen) atoms. The Bertz CT molecular complexity index is 483. The smallest absolute Gasteiger partial charge is 0.220 e. The number of aryl methyl sites for hydroxylation is 1. The van der Waals surface area contributed by atoms with Crippen molar-refractivity contribution in [3.05, 3.63) is 29.3 Å². The lowest BCUT2D eigenvalue weighted by Crippen LogP contribution is -2.05. The van der Waals surface area contributed by atoms with Crippen LogP contribution in [0.15, 0.2) is 18.2 Å². The van der Waals surface area contributed by atoms with Crippen LogP contribution in [0.2, 0.25) is 0 Å². The molecular weight excluding hydrogens is 244 g/mol. The van der Waals surface area contributed by atoms with E-state index in [2.05, 4.69) is 35.5 Å². The van der Waals surface area contributed by atoms with E-state index in [9.17, 15) is 0 Å². The van der Waals surface area contributed by atoms with Crippen molar-refractivity contribution >= 4 is 28.9 Å². The van der Waals surface area contributed by atoms with Gasteiger partial charge in [-0.3, -0.25) is 5.43 Å². The molecule has 1 aromatic heterocycles. The van der Waals surface area contributed by atoms with Crippen molar-refractivity contribution in [1.29, 1.82) is 0 Å². The average molecular weight is 257 g/mol. The number of benzene rings is 1. The molecule has 0 saturated heterocycles. The van der Waals surface area contributed by atoms with Gasteiger partial charge in [0.05, 0.1) is 0 Å². The summed E-state index contributed by atoms with van der Waals surface area (Å²) in [6.07, 6.45) is 0. The van der Waals surface area contributed by atoms with E-state index < -0.39 is 0 Å². The number of hydrogen-bond donors (Lipinski definition) is 2. The SMILES string of the molecule is Cc1cccc(-c2nnc(NN)s2)c1C.Cl. The number of rotatable bonds is 2. The zero-order valence-electron chi connectivity index (χ0n) is 9.02. The monoisotopic (exact) mass is 256 g/mol. The summed E-state index contributed by atoms with van der Waals surface area (Å²) < 4.78 is 0. The first kappa shape index (κ1) is 12.9. The summed E-state index contributed by atoms with van der Waals surface area (Å²) in [6.45, 7) is 4.17. The summed E-state index contributed by atoms with van der Waals surface area (Å²) in [4.78, 5) is 0. The van der Waals surface area contributed by atoms with E-state index in [1.165, 1.54) is 22.5 Å². The van der Waals surface area contributed by atoms with Gasteiger partial charge in [-0.05, 0) is 25.0 Å². The Hall–Kier alpha value is -1.17. The number of hydrogen-bond acceptors (Lipinski definition) is 5. The first-order valence-electron chi connectivity index (χ1n) is 4.59. The van der Waals surface area contributed by atoms with E-state index in [4.69, 9.17) is 5.84 Å². The normalized spacial score (nSPS) is 9.69. The summed E-state index contributed by atoms with van der Waals surface area (Å²) >= 11 is 1.45. The number of anilines is 1. The van der Waals surface area contributed by atoms with Gasteiger partial charge in [-0.1, -0.05) is 29.5 Å². The first-order chi connectivity index (χ1) is 7.22. The van der Waals surface area contributed by atoms with E-state index >= 15 is 0 Å². The Morgan fingerprint density at radius 2 is 2.00 bits per heavy atom. The van der Waals surface area contributed by atoms with Crippen molar-refractivity contribution in [2.75, 3.05) is 5.43 Å². The van der Waals surface area contributed by atoms with Gasteiger partial charge in [0.25, 0.3) is 0 Å². The Labute approximate surface area is 104 Å². The predicted octanol–water partition coefficient (Wildman–Crippen LogP) is 2.53. The number of nitrogens with two attached hydrogens (primary N) is 1. The van der Waals surface area contributed by atoms with Crippen LogP contribution in [0.3, 0.4) is 0 Å². The van der Waals surface area contributed by atoms with E-state index in [1.54, 1.807) is 0 Å². The number of halogens is 1. The molecule has 0 aliphatic heterocycles. The largest absolute Gasteiger partial charge is 0.298 e. The summed E-state index contributed by atoms with van der Waals surface area (Å²) in [5, 5.41) is 9.52. The molecule has 86 valence electrons. The molecule has 0 aliphatic carbocycles. The van der Waals surface area contributed by atoms with Crippen molar-refractivity contribution in [3.8, 4) is 10.6 Å². The van der Waals surface area contributed by atoms with Crippen LogP contribution in [0.5, 0.6) is 0 Å². The van der Waals surface area contributed by atoms with Crippen molar-refractivity contribution in [2.45, 2.75) is 13.8 Å². The molecule has 2 rings (SSSR count). The summed E-state index contributed by atoms with van der Waals surface area (Å²) in [6, 6.07) is 6.15. The maximum atomic E-state index is 5.27. The fraction of sp³-hybridized carbons (Fsp3) is 0.200. The summed E-state index contributed by atoms with van der Waals surface area (Å²) in [5.74, 6) is 5.27. The molecule has 4 nitrogen and oxygen atoms in total. The molecule has 2 aromatic rings. The van der Waals surface area contributed by atoms with Crippen molar-refractivity contribution in [1.82, 2.24) is 10.2 Å². The molecule has 0 bridgehead atoms. The minimum Gasteiger partial charge on any atom is -0.298 e. The van der Waals surface area contributed by atoms with Gasteiger partial charge in [0.15, 0.2) is 0 Å². The first-order valence-corrected chi connectivity index (χ1v) is 5.40. The van der Waals surface area contributed by atoms with Gasteiger partial charge in [0.2, 0.25) is 5.13 Å². The zero-order valence-corrected chi connectivity index (χ0v) is 10.7. The average Bonchev–Trinajstić information content (AvgIpc) is 2.70. The van der Waals surface area contributed by atoms with E-state index in [1.807, 2.05) is 12.1 Å². The second-order valence-electron chi connectivity index (χ2n) is 3.30. The Morgan fingerprint density at radius 1 is 1.25 bits per heavy atom. The highest BCUT2D eigenvalue weighted by atomic mass is 35.5. The number of nitrogen functional groups attached to an aromatic ring is 1. The van der Waals surface area contributed by atoms with Gasteiger partial charge in [0, 0.05) is 5.56 Å². The van der Waals surface area contributed by atoms with Crippen LogP contribution in [0, 0.1) is 13.8 Å². The van der Waals surface area contributed by atoms with Gasteiger partial charge in [-0.15, -0.1) is 22.6 Å². The second-order valence-corrected chi connectivity index (χ2v) is 4.28. The Morgan fingerprint density at radius 3 is 2.62 bits per heavy atom. The number of nitrogens with zero attached hydrogens (tertiary/aromatic N) is 2. The second kappa shape index (κ2) is 5.25. The van der Waals surface area contributed by atoms with Crippen molar-refractivity contribution in [3.63, 3.8) is 0 Å². The minimum atomic E-state index is 0. The molecule has 0 saturated carbocycles. The lowest BCUT2D eigenvalue weighted by Gasteiger charge is -2.03.